The molecule has 3 rings (SSSR count). The highest BCUT2D eigenvalue weighted by molar-refractivity contribution is 6.30. The number of rotatable bonds is 9. The molecule has 2 amide bonds. The van der Waals surface area contributed by atoms with E-state index in [9.17, 15) is 9.59 Å². The van der Waals surface area contributed by atoms with E-state index >= 15 is 0 Å². The Morgan fingerprint density at radius 2 is 1.53 bits per heavy atom. The number of benzene rings is 3. The molecule has 0 spiro atoms. The van der Waals surface area contributed by atoms with E-state index in [1.807, 2.05) is 61.5 Å². The molecule has 1 N–H and O–H groups in total. The highest BCUT2D eigenvalue weighted by atomic mass is 35.5. The molecule has 3 aromatic carbocycles. The first-order valence-electron chi connectivity index (χ1n) is 10.6. The first-order chi connectivity index (χ1) is 15.5. The highest BCUT2D eigenvalue weighted by Crippen LogP contribution is 2.19. The van der Waals surface area contributed by atoms with Gasteiger partial charge in [0.05, 0.1) is 6.42 Å². The molecule has 0 aliphatic heterocycles. The van der Waals surface area contributed by atoms with Gasteiger partial charge in [-0.3, -0.25) is 9.59 Å². The lowest BCUT2D eigenvalue weighted by Gasteiger charge is -2.31. The summed E-state index contributed by atoms with van der Waals surface area (Å²) < 4.78 is 0. The number of amides is 2. The molecular formula is C26H26Cl2N2O2. The van der Waals surface area contributed by atoms with Crippen molar-refractivity contribution in [2.24, 2.45) is 0 Å². The molecule has 0 saturated heterocycles. The Labute approximate surface area is 199 Å². The van der Waals surface area contributed by atoms with Crippen LogP contribution in [-0.4, -0.2) is 29.3 Å². The molecule has 0 unspecified atom stereocenters. The zero-order valence-corrected chi connectivity index (χ0v) is 19.4. The number of nitrogens with zero attached hydrogens (tertiary/aromatic N) is 1. The zero-order chi connectivity index (χ0) is 22.9. The van der Waals surface area contributed by atoms with Crippen molar-refractivity contribution >= 4 is 35.0 Å². The lowest BCUT2D eigenvalue weighted by molar-refractivity contribution is -0.140. The van der Waals surface area contributed by atoms with E-state index < -0.39 is 6.04 Å². The van der Waals surface area contributed by atoms with Gasteiger partial charge in [-0.25, -0.2) is 0 Å². The average molecular weight is 469 g/mol. The van der Waals surface area contributed by atoms with Crippen molar-refractivity contribution in [1.29, 1.82) is 0 Å². The lowest BCUT2D eigenvalue weighted by Crippen LogP contribution is -2.50. The van der Waals surface area contributed by atoms with Gasteiger partial charge in [-0.05, 0) is 47.9 Å². The molecule has 4 nitrogen and oxygen atoms in total. The number of halogens is 2. The van der Waals surface area contributed by atoms with Crippen LogP contribution in [0.4, 0.5) is 0 Å². The van der Waals surface area contributed by atoms with Crippen molar-refractivity contribution < 1.29 is 9.59 Å². The van der Waals surface area contributed by atoms with Gasteiger partial charge in [0.25, 0.3) is 0 Å². The SMILES string of the molecule is CCNC(=O)[C@H](Cc1ccccc1)N(Cc1ccc(Cl)cc1)C(=O)Cc1cccc(Cl)c1. The van der Waals surface area contributed by atoms with Crippen molar-refractivity contribution in [2.75, 3.05) is 6.54 Å². The summed E-state index contributed by atoms with van der Waals surface area (Å²) in [6, 6.07) is 23.6. The third kappa shape index (κ3) is 6.84. The van der Waals surface area contributed by atoms with Gasteiger partial charge in [-0.2, -0.15) is 0 Å². The van der Waals surface area contributed by atoms with Gasteiger partial charge in [-0.15, -0.1) is 0 Å². The van der Waals surface area contributed by atoms with Crippen LogP contribution in [0, 0.1) is 0 Å². The molecular weight excluding hydrogens is 443 g/mol. The predicted octanol–water partition coefficient (Wildman–Crippen LogP) is 5.31. The normalized spacial score (nSPS) is 11.6. The number of nitrogens with one attached hydrogen (secondary N) is 1. The summed E-state index contributed by atoms with van der Waals surface area (Å²) in [5, 5.41) is 4.09. The summed E-state index contributed by atoms with van der Waals surface area (Å²) in [7, 11) is 0. The van der Waals surface area contributed by atoms with Gasteiger partial charge < -0.3 is 10.2 Å². The molecule has 0 fully saturated rings. The van der Waals surface area contributed by atoms with Crippen molar-refractivity contribution in [1.82, 2.24) is 10.2 Å². The number of carbonyl (C=O) groups excluding carboxylic acids is 2. The molecule has 0 bridgehead atoms. The van der Waals surface area contributed by atoms with E-state index in [4.69, 9.17) is 23.2 Å². The maximum absolute atomic E-state index is 13.5. The number of carbonyl (C=O) groups is 2. The van der Waals surface area contributed by atoms with Gasteiger partial charge in [0.1, 0.15) is 6.04 Å². The average Bonchev–Trinajstić information content (AvgIpc) is 2.78. The number of hydrogen-bond acceptors (Lipinski definition) is 2. The van der Waals surface area contributed by atoms with Gasteiger partial charge in [-0.1, -0.05) is 77.8 Å². The van der Waals surface area contributed by atoms with Gasteiger partial charge in [0.15, 0.2) is 0 Å². The third-order valence-electron chi connectivity index (χ3n) is 5.13. The van der Waals surface area contributed by atoms with E-state index in [0.717, 1.165) is 16.7 Å². The number of hydrogen-bond donors (Lipinski definition) is 1. The maximum atomic E-state index is 13.5. The minimum absolute atomic E-state index is 0.144. The van der Waals surface area contributed by atoms with E-state index in [1.165, 1.54) is 0 Å². The Bertz CT molecular complexity index is 1040. The number of likely N-dealkylation sites (N-methyl/N-ethyl adjacent to an activating group) is 1. The van der Waals surface area contributed by atoms with Gasteiger partial charge in [0, 0.05) is 29.6 Å². The molecule has 0 radical (unpaired) electrons. The van der Waals surface area contributed by atoms with Gasteiger partial charge in [0.2, 0.25) is 11.8 Å². The summed E-state index contributed by atoms with van der Waals surface area (Å²) in [4.78, 5) is 28.3. The molecule has 0 aliphatic carbocycles. The Kier molecular flexibility index (Phi) is 8.72. The minimum atomic E-state index is -0.653. The van der Waals surface area contributed by atoms with Crippen LogP contribution in [0.25, 0.3) is 0 Å². The Balaban J connectivity index is 1.94. The third-order valence-corrected chi connectivity index (χ3v) is 5.62. The smallest absolute Gasteiger partial charge is 0.243 e. The minimum Gasteiger partial charge on any atom is -0.355 e. The summed E-state index contributed by atoms with van der Waals surface area (Å²) in [5.74, 6) is -0.320. The molecule has 0 aliphatic rings. The van der Waals surface area contributed by atoms with Crippen LogP contribution in [0.2, 0.25) is 10.0 Å². The fourth-order valence-electron chi connectivity index (χ4n) is 3.56. The summed E-state index contributed by atoms with van der Waals surface area (Å²) in [6.07, 6.45) is 0.570. The fourth-order valence-corrected chi connectivity index (χ4v) is 3.89. The van der Waals surface area contributed by atoms with Crippen LogP contribution < -0.4 is 5.32 Å². The molecule has 3 aromatic rings. The van der Waals surface area contributed by atoms with E-state index in [2.05, 4.69) is 5.32 Å². The Hall–Kier alpha value is -2.82. The van der Waals surface area contributed by atoms with Crippen molar-refractivity contribution in [3.8, 4) is 0 Å². The van der Waals surface area contributed by atoms with Crippen LogP contribution in [0.5, 0.6) is 0 Å². The van der Waals surface area contributed by atoms with Crippen LogP contribution in [0.1, 0.15) is 23.6 Å². The topological polar surface area (TPSA) is 49.4 Å². The van der Waals surface area contributed by atoms with Crippen molar-refractivity contribution in [3.05, 3.63) is 106 Å². The van der Waals surface area contributed by atoms with Crippen LogP contribution >= 0.6 is 23.2 Å². The highest BCUT2D eigenvalue weighted by Gasteiger charge is 2.30. The largest absolute Gasteiger partial charge is 0.355 e. The molecule has 6 heteroatoms. The van der Waals surface area contributed by atoms with E-state index in [0.29, 0.717) is 29.6 Å². The molecule has 1 atom stereocenters. The molecule has 32 heavy (non-hydrogen) atoms. The second-order valence-electron chi connectivity index (χ2n) is 7.55. The lowest BCUT2D eigenvalue weighted by atomic mass is 10.0. The van der Waals surface area contributed by atoms with E-state index in [1.54, 1.807) is 29.2 Å². The summed E-state index contributed by atoms with van der Waals surface area (Å²) in [6.45, 7) is 2.65. The predicted molar refractivity (Wildman–Crippen MR) is 130 cm³/mol. The fraction of sp³-hybridized carbons (Fsp3) is 0.231. The van der Waals surface area contributed by atoms with Crippen molar-refractivity contribution in [2.45, 2.75) is 32.4 Å². The zero-order valence-electron chi connectivity index (χ0n) is 17.9. The quantitative estimate of drug-likeness (QED) is 0.462. The monoisotopic (exact) mass is 468 g/mol. The van der Waals surface area contributed by atoms with Crippen LogP contribution in [-0.2, 0) is 29.0 Å². The maximum Gasteiger partial charge on any atom is 0.243 e. The van der Waals surface area contributed by atoms with Crippen LogP contribution in [0.3, 0.4) is 0 Å². The van der Waals surface area contributed by atoms with E-state index in [-0.39, 0.29) is 18.2 Å². The second-order valence-corrected chi connectivity index (χ2v) is 8.43. The second kappa shape index (κ2) is 11.7. The first-order valence-corrected chi connectivity index (χ1v) is 11.3. The molecule has 0 heterocycles. The standard InChI is InChI=1S/C26H26Cl2N2O2/c1-2-29-26(32)24(16-19-7-4-3-5-8-19)30(18-20-11-13-22(27)14-12-20)25(31)17-21-9-6-10-23(28)15-21/h3-15,24H,2,16-18H2,1H3,(H,29,32)/t24-/m0/s1. The Morgan fingerprint density at radius 1 is 0.844 bits per heavy atom. The molecule has 0 saturated carbocycles. The van der Waals surface area contributed by atoms with Crippen LogP contribution in [0.15, 0.2) is 78.9 Å². The van der Waals surface area contributed by atoms with Crippen molar-refractivity contribution in [3.63, 3.8) is 0 Å². The first kappa shape index (κ1) is 23.8. The molecule has 166 valence electrons. The molecule has 0 aromatic heterocycles. The summed E-state index contributed by atoms with van der Waals surface area (Å²) in [5.41, 5.74) is 2.69. The van der Waals surface area contributed by atoms with Gasteiger partial charge >= 0.3 is 0 Å². The Morgan fingerprint density at radius 3 is 2.19 bits per heavy atom. The summed E-state index contributed by atoms with van der Waals surface area (Å²) >= 11 is 12.1.